The third-order valence-corrected chi connectivity index (χ3v) is 2.29. The third-order valence-electron chi connectivity index (χ3n) is 2.29. The van der Waals surface area contributed by atoms with Gasteiger partial charge in [0, 0.05) is 17.9 Å². The number of hydrogen-bond donors (Lipinski definition) is 1. The number of rotatable bonds is 3. The molecule has 0 amide bonds. The topological polar surface area (TPSA) is 43.1 Å². The fraction of sp³-hybridized carbons (Fsp3) is 0.875. The molecule has 0 aromatic rings. The Morgan fingerprint density at radius 1 is 1.60 bits per heavy atom. The number of carbonyl (C=O) groups excluding carboxylic acids is 1. The Bertz CT molecular complexity index is 147. The van der Waals surface area contributed by atoms with Gasteiger partial charge in [0.15, 0.2) is 0 Å². The lowest BCUT2D eigenvalue weighted by molar-refractivity contribution is -0.126. The molecule has 0 bridgehead atoms. The van der Waals surface area contributed by atoms with Gasteiger partial charge >= 0.3 is 0 Å². The lowest BCUT2D eigenvalue weighted by Crippen LogP contribution is -2.28. The van der Waals surface area contributed by atoms with E-state index in [1.165, 1.54) is 0 Å². The zero-order valence-electron chi connectivity index (χ0n) is 6.68. The summed E-state index contributed by atoms with van der Waals surface area (Å²) in [6.07, 6.45) is 2.03. The van der Waals surface area contributed by atoms with E-state index in [1.54, 1.807) is 0 Å². The average Bonchev–Trinajstić information content (AvgIpc) is 2.66. The van der Waals surface area contributed by atoms with Gasteiger partial charge in [-0.2, -0.15) is 0 Å². The molecule has 1 rings (SSSR count). The van der Waals surface area contributed by atoms with Gasteiger partial charge in [0.2, 0.25) is 0 Å². The first kappa shape index (κ1) is 7.73. The minimum Gasteiger partial charge on any atom is -0.329 e. The smallest absolute Gasteiger partial charge is 0.142 e. The number of nitrogens with two attached hydrogens (primary N) is 1. The molecule has 0 aliphatic heterocycles. The predicted octanol–water partition coefficient (Wildman–Crippen LogP) is 0.950. The van der Waals surface area contributed by atoms with Gasteiger partial charge in [0.1, 0.15) is 5.78 Å². The second kappa shape index (κ2) is 2.35. The van der Waals surface area contributed by atoms with Crippen molar-refractivity contribution in [3.05, 3.63) is 0 Å². The van der Waals surface area contributed by atoms with Crippen molar-refractivity contribution in [3.63, 3.8) is 0 Å². The SMILES string of the molecule is CC(C)C(=O)C1(CN)CC1. The van der Waals surface area contributed by atoms with E-state index < -0.39 is 0 Å². The van der Waals surface area contributed by atoms with Crippen molar-refractivity contribution >= 4 is 5.78 Å². The monoisotopic (exact) mass is 141 g/mol. The third kappa shape index (κ3) is 1.08. The van der Waals surface area contributed by atoms with Crippen LogP contribution in [-0.2, 0) is 4.79 Å². The molecule has 1 aliphatic carbocycles. The maximum atomic E-state index is 11.4. The van der Waals surface area contributed by atoms with Crippen LogP contribution in [0.3, 0.4) is 0 Å². The molecular formula is C8H15NO. The van der Waals surface area contributed by atoms with Crippen LogP contribution in [0.1, 0.15) is 26.7 Å². The van der Waals surface area contributed by atoms with Crippen LogP contribution in [-0.4, -0.2) is 12.3 Å². The van der Waals surface area contributed by atoms with E-state index in [0.717, 1.165) is 12.8 Å². The van der Waals surface area contributed by atoms with Crippen molar-refractivity contribution in [1.29, 1.82) is 0 Å². The molecule has 0 aromatic carbocycles. The van der Waals surface area contributed by atoms with Gasteiger partial charge in [-0.05, 0) is 12.8 Å². The predicted molar refractivity (Wildman–Crippen MR) is 40.6 cm³/mol. The van der Waals surface area contributed by atoms with Gasteiger partial charge in [-0.1, -0.05) is 13.8 Å². The van der Waals surface area contributed by atoms with Gasteiger partial charge in [0.25, 0.3) is 0 Å². The summed E-state index contributed by atoms with van der Waals surface area (Å²) >= 11 is 0. The molecule has 10 heavy (non-hydrogen) atoms. The zero-order chi connectivity index (χ0) is 7.78. The Morgan fingerprint density at radius 3 is 2.20 bits per heavy atom. The molecule has 0 atom stereocenters. The Balaban J connectivity index is 2.56. The molecule has 0 unspecified atom stereocenters. The minimum absolute atomic E-state index is 0.0891. The molecule has 0 heterocycles. The first-order valence-electron chi connectivity index (χ1n) is 3.87. The summed E-state index contributed by atoms with van der Waals surface area (Å²) < 4.78 is 0. The van der Waals surface area contributed by atoms with Crippen molar-refractivity contribution in [2.45, 2.75) is 26.7 Å². The maximum Gasteiger partial charge on any atom is 0.142 e. The summed E-state index contributed by atoms with van der Waals surface area (Å²) in [7, 11) is 0. The van der Waals surface area contributed by atoms with Crippen LogP contribution < -0.4 is 5.73 Å². The molecule has 2 heteroatoms. The summed E-state index contributed by atoms with van der Waals surface area (Å²) in [5, 5.41) is 0. The Labute approximate surface area is 61.8 Å². The second-order valence-electron chi connectivity index (χ2n) is 3.50. The molecule has 1 saturated carbocycles. The highest BCUT2D eigenvalue weighted by Gasteiger charge is 2.48. The number of ketones is 1. The van der Waals surface area contributed by atoms with E-state index in [9.17, 15) is 4.79 Å². The molecule has 2 N–H and O–H groups in total. The number of hydrogen-bond acceptors (Lipinski definition) is 2. The molecule has 0 radical (unpaired) electrons. The number of Topliss-reactive ketones (excluding diaryl/α,β-unsaturated/α-hetero) is 1. The Morgan fingerprint density at radius 2 is 2.10 bits per heavy atom. The van der Waals surface area contributed by atoms with E-state index >= 15 is 0 Å². The van der Waals surface area contributed by atoms with Crippen LogP contribution in [0.4, 0.5) is 0 Å². The Hall–Kier alpha value is -0.370. The van der Waals surface area contributed by atoms with Crippen LogP contribution in [0.15, 0.2) is 0 Å². The lowest BCUT2D eigenvalue weighted by atomic mass is 9.93. The van der Waals surface area contributed by atoms with E-state index in [4.69, 9.17) is 5.73 Å². The van der Waals surface area contributed by atoms with Crippen LogP contribution in [0.5, 0.6) is 0 Å². The molecule has 58 valence electrons. The second-order valence-corrected chi connectivity index (χ2v) is 3.50. The van der Waals surface area contributed by atoms with Gasteiger partial charge in [-0.3, -0.25) is 4.79 Å². The van der Waals surface area contributed by atoms with E-state index in [2.05, 4.69) is 0 Å². The minimum atomic E-state index is -0.0891. The molecule has 2 nitrogen and oxygen atoms in total. The first-order valence-corrected chi connectivity index (χ1v) is 3.87. The van der Waals surface area contributed by atoms with E-state index in [1.807, 2.05) is 13.8 Å². The summed E-state index contributed by atoms with van der Waals surface area (Å²) in [5.74, 6) is 0.515. The summed E-state index contributed by atoms with van der Waals surface area (Å²) in [5.41, 5.74) is 5.40. The highest BCUT2D eigenvalue weighted by Crippen LogP contribution is 2.46. The standard InChI is InChI=1S/C8H15NO/c1-6(2)7(10)8(5-9)3-4-8/h6H,3-5,9H2,1-2H3. The normalized spacial score (nSPS) is 21.2. The summed E-state index contributed by atoms with van der Waals surface area (Å²) in [4.78, 5) is 11.4. The molecule has 1 aliphatic rings. The van der Waals surface area contributed by atoms with Crippen molar-refractivity contribution in [2.75, 3.05) is 6.54 Å². The maximum absolute atomic E-state index is 11.4. The fourth-order valence-corrected chi connectivity index (χ4v) is 1.31. The Kier molecular flexibility index (Phi) is 1.82. The van der Waals surface area contributed by atoms with Gasteiger partial charge in [0.05, 0.1) is 0 Å². The fourth-order valence-electron chi connectivity index (χ4n) is 1.31. The van der Waals surface area contributed by atoms with Gasteiger partial charge < -0.3 is 5.73 Å². The highest BCUT2D eigenvalue weighted by molar-refractivity contribution is 5.89. The van der Waals surface area contributed by atoms with Crippen LogP contribution >= 0.6 is 0 Å². The van der Waals surface area contributed by atoms with Crippen molar-refractivity contribution in [3.8, 4) is 0 Å². The van der Waals surface area contributed by atoms with Crippen LogP contribution in [0, 0.1) is 11.3 Å². The highest BCUT2D eigenvalue weighted by atomic mass is 16.1. The molecule has 1 fully saturated rings. The summed E-state index contributed by atoms with van der Waals surface area (Å²) in [6.45, 7) is 4.43. The molecular weight excluding hydrogens is 126 g/mol. The van der Waals surface area contributed by atoms with Crippen molar-refractivity contribution < 1.29 is 4.79 Å². The average molecular weight is 141 g/mol. The van der Waals surface area contributed by atoms with Crippen LogP contribution in [0.2, 0.25) is 0 Å². The lowest BCUT2D eigenvalue weighted by Gasteiger charge is -2.12. The summed E-state index contributed by atoms with van der Waals surface area (Å²) in [6, 6.07) is 0. The number of carbonyl (C=O) groups is 1. The first-order chi connectivity index (χ1) is 4.62. The molecule has 0 aromatic heterocycles. The van der Waals surface area contributed by atoms with Gasteiger partial charge in [-0.15, -0.1) is 0 Å². The van der Waals surface area contributed by atoms with E-state index in [-0.39, 0.29) is 11.3 Å². The van der Waals surface area contributed by atoms with Crippen LogP contribution in [0.25, 0.3) is 0 Å². The van der Waals surface area contributed by atoms with Crippen molar-refractivity contribution in [1.82, 2.24) is 0 Å². The largest absolute Gasteiger partial charge is 0.329 e. The van der Waals surface area contributed by atoms with Crippen molar-refractivity contribution in [2.24, 2.45) is 17.1 Å². The quantitative estimate of drug-likeness (QED) is 0.636. The molecule has 0 spiro atoms. The zero-order valence-corrected chi connectivity index (χ0v) is 6.68. The van der Waals surface area contributed by atoms with Gasteiger partial charge in [-0.25, -0.2) is 0 Å². The molecule has 0 saturated heterocycles. The van der Waals surface area contributed by atoms with E-state index in [0.29, 0.717) is 12.3 Å².